The van der Waals surface area contributed by atoms with Crippen molar-refractivity contribution < 1.29 is 22.8 Å². The standard InChI is InChI=1S/C34H36F3N9O2/c1-43(2)31(38)33(25-11-17-39-18-12-25)15-4-19-45(33)30(48)24-6-8-26(9-7-24)40-32-41-29-27(5-3-20-46(29)42-32)23-13-21-44(22-14-23)28(47)10-16-34(35,36)37/h3,5-9,11-13,17-18,20,38H,4,10,14-16,19,21-22H2,1-2H3,(H,40,42). The second-order valence-corrected chi connectivity index (χ2v) is 12.2. The predicted molar refractivity (Wildman–Crippen MR) is 175 cm³/mol. The van der Waals surface area contributed by atoms with E-state index in [1.165, 1.54) is 4.90 Å². The fourth-order valence-electron chi connectivity index (χ4n) is 6.51. The second-order valence-electron chi connectivity index (χ2n) is 12.2. The molecule has 48 heavy (non-hydrogen) atoms. The molecule has 1 atom stereocenters. The van der Waals surface area contributed by atoms with Crippen molar-refractivity contribution in [1.29, 1.82) is 5.41 Å². The molecule has 5 heterocycles. The lowest BCUT2D eigenvalue weighted by Gasteiger charge is -2.41. The van der Waals surface area contributed by atoms with Crippen molar-refractivity contribution >= 4 is 40.5 Å². The van der Waals surface area contributed by atoms with Gasteiger partial charge in [-0.1, -0.05) is 6.08 Å². The topological polar surface area (TPSA) is 123 Å². The molecule has 0 saturated carbocycles. The number of benzene rings is 1. The Kier molecular flexibility index (Phi) is 8.91. The van der Waals surface area contributed by atoms with Crippen LogP contribution in [0.5, 0.6) is 0 Å². The number of nitrogens with zero attached hydrogens (tertiary/aromatic N) is 7. The summed E-state index contributed by atoms with van der Waals surface area (Å²) < 4.78 is 39.3. The number of carbonyl (C=O) groups is 2. The van der Waals surface area contributed by atoms with E-state index in [9.17, 15) is 22.8 Å². The van der Waals surface area contributed by atoms with Crippen molar-refractivity contribution in [2.45, 2.75) is 43.8 Å². The Morgan fingerprint density at radius 3 is 2.48 bits per heavy atom. The van der Waals surface area contributed by atoms with Gasteiger partial charge in [0.1, 0.15) is 11.4 Å². The third kappa shape index (κ3) is 6.46. The lowest BCUT2D eigenvalue weighted by Crippen LogP contribution is -2.54. The van der Waals surface area contributed by atoms with Crippen molar-refractivity contribution in [2.24, 2.45) is 0 Å². The molecule has 0 radical (unpaired) electrons. The molecule has 6 rings (SSSR count). The molecular formula is C34H36F3N9O2. The van der Waals surface area contributed by atoms with Crippen LogP contribution in [0.25, 0.3) is 11.2 Å². The van der Waals surface area contributed by atoms with Gasteiger partial charge in [0.25, 0.3) is 5.91 Å². The number of likely N-dealkylation sites (tertiary alicyclic amines) is 1. The van der Waals surface area contributed by atoms with Crippen LogP contribution < -0.4 is 5.32 Å². The molecule has 11 nitrogen and oxygen atoms in total. The number of carbonyl (C=O) groups excluding carboxylic acids is 2. The molecule has 0 spiro atoms. The zero-order chi connectivity index (χ0) is 34.1. The van der Waals surface area contributed by atoms with Crippen molar-refractivity contribution in [3.63, 3.8) is 0 Å². The van der Waals surface area contributed by atoms with Gasteiger partial charge in [0, 0.05) is 75.6 Å². The minimum absolute atomic E-state index is 0.167. The number of anilines is 2. The van der Waals surface area contributed by atoms with Gasteiger partial charge < -0.3 is 20.0 Å². The highest BCUT2D eigenvalue weighted by Gasteiger charge is 2.49. The average Bonchev–Trinajstić information content (AvgIpc) is 3.72. The molecule has 1 aromatic carbocycles. The Hall–Kier alpha value is -5.27. The number of rotatable bonds is 8. The normalized spacial score (nSPS) is 18.1. The summed E-state index contributed by atoms with van der Waals surface area (Å²) in [7, 11) is 3.63. The molecule has 250 valence electrons. The monoisotopic (exact) mass is 659 g/mol. The van der Waals surface area contributed by atoms with Crippen molar-refractivity contribution in [3.05, 3.63) is 89.9 Å². The number of hydrogen-bond donors (Lipinski definition) is 2. The maximum Gasteiger partial charge on any atom is 0.389 e. The Morgan fingerprint density at radius 1 is 1.06 bits per heavy atom. The molecule has 1 saturated heterocycles. The highest BCUT2D eigenvalue weighted by Crippen LogP contribution is 2.41. The smallest absolute Gasteiger partial charge is 0.364 e. The van der Waals surface area contributed by atoms with E-state index in [1.54, 1.807) is 57.2 Å². The number of nitrogens with one attached hydrogen (secondary N) is 2. The number of pyridine rings is 2. The van der Waals surface area contributed by atoms with E-state index < -0.39 is 30.5 Å². The van der Waals surface area contributed by atoms with Crippen LogP contribution in [0.3, 0.4) is 0 Å². The summed E-state index contributed by atoms with van der Waals surface area (Å²) in [6.07, 6.45) is 2.84. The zero-order valence-corrected chi connectivity index (χ0v) is 26.7. The Balaban J connectivity index is 1.17. The maximum absolute atomic E-state index is 13.9. The quantitative estimate of drug-likeness (QED) is 0.189. The van der Waals surface area contributed by atoms with Gasteiger partial charge in [-0.15, -0.1) is 5.10 Å². The first kappa shape index (κ1) is 32.7. The van der Waals surface area contributed by atoms with Gasteiger partial charge in [0.05, 0.1) is 6.42 Å². The van der Waals surface area contributed by atoms with Gasteiger partial charge in [0.2, 0.25) is 11.9 Å². The van der Waals surface area contributed by atoms with E-state index in [0.717, 1.165) is 23.1 Å². The molecule has 2 aliphatic rings. The summed E-state index contributed by atoms with van der Waals surface area (Å²) in [5.74, 6) is 0.00632. The molecule has 1 unspecified atom stereocenters. The number of amidine groups is 1. The molecule has 3 aromatic heterocycles. The van der Waals surface area contributed by atoms with Gasteiger partial charge in [-0.25, -0.2) is 4.52 Å². The summed E-state index contributed by atoms with van der Waals surface area (Å²) in [6, 6.07) is 14.5. The van der Waals surface area contributed by atoms with E-state index >= 15 is 0 Å². The van der Waals surface area contributed by atoms with Gasteiger partial charge in [0.15, 0.2) is 5.65 Å². The minimum Gasteiger partial charge on any atom is -0.364 e. The molecule has 14 heteroatoms. The largest absolute Gasteiger partial charge is 0.389 e. The predicted octanol–water partition coefficient (Wildman–Crippen LogP) is 5.50. The van der Waals surface area contributed by atoms with Crippen molar-refractivity contribution in [1.82, 2.24) is 34.3 Å². The summed E-state index contributed by atoms with van der Waals surface area (Å²) in [4.78, 5) is 40.0. The SMILES string of the molecule is CN(C)C(=N)C1(c2ccncc2)CCCN1C(=O)c1ccc(Nc2nc3c(C4=CCN(C(=O)CCC(F)(F)F)CC4)cccn3n2)cc1. The van der Waals surface area contributed by atoms with E-state index in [4.69, 9.17) is 5.41 Å². The molecule has 4 aromatic rings. The summed E-state index contributed by atoms with van der Waals surface area (Å²) in [5.41, 5.74) is 3.49. The summed E-state index contributed by atoms with van der Waals surface area (Å²) in [6.45, 7) is 1.08. The Morgan fingerprint density at radius 2 is 1.81 bits per heavy atom. The lowest BCUT2D eigenvalue weighted by molar-refractivity contribution is -0.148. The van der Waals surface area contributed by atoms with Crippen LogP contribution in [-0.4, -0.2) is 91.8 Å². The van der Waals surface area contributed by atoms with E-state index in [2.05, 4.69) is 20.4 Å². The number of aromatic nitrogens is 4. The first-order chi connectivity index (χ1) is 23.0. The summed E-state index contributed by atoms with van der Waals surface area (Å²) >= 11 is 0. The van der Waals surface area contributed by atoms with Crippen molar-refractivity contribution in [3.8, 4) is 0 Å². The highest BCUT2D eigenvalue weighted by atomic mass is 19.4. The number of halogens is 3. The van der Waals surface area contributed by atoms with Crippen LogP contribution in [0.15, 0.2) is 73.2 Å². The van der Waals surface area contributed by atoms with E-state index in [-0.39, 0.29) is 12.5 Å². The molecule has 2 N–H and O–H groups in total. The molecule has 0 aliphatic carbocycles. The van der Waals surface area contributed by atoms with Crippen LogP contribution in [-0.2, 0) is 10.3 Å². The van der Waals surface area contributed by atoms with Gasteiger partial charge >= 0.3 is 6.18 Å². The third-order valence-electron chi connectivity index (χ3n) is 8.90. The highest BCUT2D eigenvalue weighted by molar-refractivity contribution is 6.01. The van der Waals surface area contributed by atoms with Crippen LogP contribution in [0.4, 0.5) is 24.8 Å². The van der Waals surface area contributed by atoms with Gasteiger partial charge in [-0.05, 0) is 78.9 Å². The maximum atomic E-state index is 13.9. The van der Waals surface area contributed by atoms with Crippen LogP contribution >= 0.6 is 0 Å². The molecule has 2 amide bonds. The number of amides is 2. The number of hydrogen-bond acceptors (Lipinski definition) is 7. The van der Waals surface area contributed by atoms with Gasteiger partial charge in [-0.2, -0.15) is 18.2 Å². The molecule has 0 bridgehead atoms. The number of likely N-dealkylation sites (N-methyl/N-ethyl adjacent to an activating group) is 1. The first-order valence-electron chi connectivity index (χ1n) is 15.7. The summed E-state index contributed by atoms with van der Waals surface area (Å²) in [5, 5.41) is 16.7. The molecular weight excluding hydrogens is 623 g/mol. The number of alkyl halides is 3. The molecule has 2 aliphatic heterocycles. The van der Waals surface area contributed by atoms with E-state index in [0.29, 0.717) is 54.6 Å². The zero-order valence-electron chi connectivity index (χ0n) is 26.7. The fraction of sp³-hybridized carbons (Fsp3) is 0.353. The molecule has 1 fully saturated rings. The fourth-order valence-corrected chi connectivity index (χ4v) is 6.51. The van der Waals surface area contributed by atoms with Crippen LogP contribution in [0.1, 0.15) is 53.6 Å². The Labute approximate surface area is 275 Å². The minimum atomic E-state index is -4.36. The van der Waals surface area contributed by atoms with Crippen LogP contribution in [0, 0.1) is 5.41 Å². The van der Waals surface area contributed by atoms with Gasteiger partial charge in [-0.3, -0.25) is 20.0 Å². The Bertz CT molecular complexity index is 1860. The second kappa shape index (κ2) is 13.1. The average molecular weight is 660 g/mol. The first-order valence-corrected chi connectivity index (χ1v) is 15.7. The lowest BCUT2D eigenvalue weighted by atomic mass is 9.85. The van der Waals surface area contributed by atoms with E-state index in [1.807, 2.05) is 44.4 Å². The van der Waals surface area contributed by atoms with Crippen molar-refractivity contribution in [2.75, 3.05) is 39.0 Å². The third-order valence-corrected chi connectivity index (χ3v) is 8.90. The van der Waals surface area contributed by atoms with Crippen LogP contribution in [0.2, 0.25) is 0 Å². The number of fused-ring (bicyclic) bond motifs is 1.